The molecule has 5 heteroatoms. The molecule has 1 aromatic rings. The lowest BCUT2D eigenvalue weighted by molar-refractivity contribution is 0.0595. The first kappa shape index (κ1) is 9.92. The lowest BCUT2D eigenvalue weighted by Gasteiger charge is -2.02. The van der Waals surface area contributed by atoms with E-state index in [1.807, 2.05) is 0 Å². The van der Waals surface area contributed by atoms with Gasteiger partial charge in [0.05, 0.1) is 12.7 Å². The van der Waals surface area contributed by atoms with Crippen molar-refractivity contribution in [2.45, 2.75) is 0 Å². The molecule has 1 rings (SSSR count). The summed E-state index contributed by atoms with van der Waals surface area (Å²) in [5.74, 6) is -2.90. The zero-order valence-electron chi connectivity index (χ0n) is 6.61. The van der Waals surface area contributed by atoms with Crippen molar-refractivity contribution in [1.29, 1.82) is 0 Å². The second kappa shape index (κ2) is 3.70. The predicted molar refractivity (Wildman–Crippen MR) is 42.7 cm³/mol. The Kier molecular flexibility index (Phi) is 2.83. The topological polar surface area (TPSA) is 26.3 Å². The Bertz CT molecular complexity index is 352. The molecule has 0 aliphatic heterocycles. The molecule has 0 fully saturated rings. The van der Waals surface area contributed by atoms with E-state index in [4.69, 9.17) is 11.6 Å². The molecule has 2 nitrogen and oxygen atoms in total. The van der Waals surface area contributed by atoms with Crippen molar-refractivity contribution in [3.05, 3.63) is 34.4 Å². The third kappa shape index (κ3) is 1.78. The third-order valence-electron chi connectivity index (χ3n) is 1.44. The van der Waals surface area contributed by atoms with E-state index in [9.17, 15) is 13.6 Å². The van der Waals surface area contributed by atoms with E-state index >= 15 is 0 Å². The highest BCUT2D eigenvalue weighted by Gasteiger charge is 2.17. The van der Waals surface area contributed by atoms with E-state index in [0.29, 0.717) is 0 Å². The first-order chi connectivity index (χ1) is 6.07. The maximum atomic E-state index is 13.0. The van der Waals surface area contributed by atoms with Crippen LogP contribution in [0.4, 0.5) is 8.78 Å². The minimum Gasteiger partial charge on any atom is -0.465 e. The van der Waals surface area contributed by atoms with Gasteiger partial charge in [-0.3, -0.25) is 0 Å². The van der Waals surface area contributed by atoms with Crippen LogP contribution in [0.1, 0.15) is 10.4 Å². The summed E-state index contributed by atoms with van der Waals surface area (Å²) in [6.45, 7) is 0. The number of rotatable bonds is 1. The van der Waals surface area contributed by atoms with Gasteiger partial charge in [0.15, 0.2) is 5.82 Å². The molecule has 0 atom stereocenters. The quantitative estimate of drug-likeness (QED) is 0.521. The van der Waals surface area contributed by atoms with Gasteiger partial charge in [0.25, 0.3) is 0 Å². The number of hydrogen-bond donors (Lipinski definition) is 0. The van der Waals surface area contributed by atoms with Gasteiger partial charge in [-0.25, -0.2) is 13.6 Å². The average Bonchev–Trinajstić information content (AvgIpc) is 2.13. The summed E-state index contributed by atoms with van der Waals surface area (Å²) in [4.78, 5) is 10.9. The van der Waals surface area contributed by atoms with Crippen LogP contribution in [-0.2, 0) is 4.74 Å². The standard InChI is InChI=1S/C8H5ClF2O2/c1-13-8(12)4-2-3-5(10)6(9)7(4)11/h2-3H,1H3. The molecule has 0 heterocycles. The van der Waals surface area contributed by atoms with Gasteiger partial charge in [-0.2, -0.15) is 0 Å². The molecular weight excluding hydrogens is 202 g/mol. The first-order valence-electron chi connectivity index (χ1n) is 3.29. The first-order valence-corrected chi connectivity index (χ1v) is 3.67. The van der Waals surface area contributed by atoms with Crippen molar-refractivity contribution in [3.63, 3.8) is 0 Å². The van der Waals surface area contributed by atoms with Gasteiger partial charge in [0, 0.05) is 0 Å². The van der Waals surface area contributed by atoms with Gasteiger partial charge in [-0.15, -0.1) is 0 Å². The molecule has 0 aromatic heterocycles. The molecule has 0 spiro atoms. The summed E-state index contributed by atoms with van der Waals surface area (Å²) in [5, 5.41) is -0.706. The average molecular weight is 207 g/mol. The monoisotopic (exact) mass is 206 g/mol. The lowest BCUT2D eigenvalue weighted by Crippen LogP contribution is -2.05. The molecule has 70 valence electrons. The molecule has 13 heavy (non-hydrogen) atoms. The maximum Gasteiger partial charge on any atom is 0.340 e. The number of methoxy groups -OCH3 is 1. The Morgan fingerprint density at radius 2 is 2.08 bits per heavy atom. The number of esters is 1. The molecule has 1 aromatic carbocycles. The van der Waals surface area contributed by atoms with E-state index in [1.165, 1.54) is 0 Å². The van der Waals surface area contributed by atoms with Crippen molar-refractivity contribution >= 4 is 17.6 Å². The molecule has 0 N–H and O–H groups in total. The summed E-state index contributed by atoms with van der Waals surface area (Å²) < 4.78 is 29.9. The number of halogens is 3. The molecule has 0 unspecified atom stereocenters. The molecular formula is C8H5ClF2O2. The zero-order chi connectivity index (χ0) is 10.0. The fraction of sp³-hybridized carbons (Fsp3) is 0.125. The second-order valence-corrected chi connectivity index (χ2v) is 2.59. The Labute approximate surface area is 78.1 Å². The number of ether oxygens (including phenoxy) is 1. The van der Waals surface area contributed by atoms with Gasteiger partial charge >= 0.3 is 5.97 Å². The molecule has 0 radical (unpaired) electrons. The van der Waals surface area contributed by atoms with Crippen LogP contribution in [0.15, 0.2) is 12.1 Å². The van der Waals surface area contributed by atoms with E-state index in [0.717, 1.165) is 19.2 Å². The Morgan fingerprint density at radius 1 is 1.46 bits per heavy atom. The largest absolute Gasteiger partial charge is 0.465 e. The van der Waals surface area contributed by atoms with Crippen LogP contribution in [0.3, 0.4) is 0 Å². The predicted octanol–water partition coefficient (Wildman–Crippen LogP) is 2.40. The minimum absolute atomic E-state index is 0.381. The van der Waals surface area contributed by atoms with Crippen molar-refractivity contribution in [3.8, 4) is 0 Å². The summed E-state index contributed by atoms with van der Waals surface area (Å²) >= 11 is 5.23. The minimum atomic E-state index is -1.10. The maximum absolute atomic E-state index is 13.0. The van der Waals surface area contributed by atoms with Crippen LogP contribution >= 0.6 is 11.6 Å². The summed E-state index contributed by atoms with van der Waals surface area (Å²) in [6, 6.07) is 1.88. The SMILES string of the molecule is COC(=O)c1ccc(F)c(Cl)c1F. The van der Waals surface area contributed by atoms with Crippen LogP contribution in [0.2, 0.25) is 5.02 Å². The molecule has 0 saturated heterocycles. The normalized spacial score (nSPS) is 9.85. The summed E-state index contributed by atoms with van der Waals surface area (Å²) in [5.41, 5.74) is -0.381. The Balaban J connectivity index is 3.26. The van der Waals surface area contributed by atoms with Crippen LogP contribution in [0.5, 0.6) is 0 Å². The van der Waals surface area contributed by atoms with E-state index in [1.54, 1.807) is 0 Å². The van der Waals surface area contributed by atoms with Gasteiger partial charge in [-0.1, -0.05) is 11.6 Å². The van der Waals surface area contributed by atoms with Crippen molar-refractivity contribution in [1.82, 2.24) is 0 Å². The number of benzene rings is 1. The van der Waals surface area contributed by atoms with Gasteiger partial charge < -0.3 is 4.74 Å². The van der Waals surface area contributed by atoms with Crippen molar-refractivity contribution < 1.29 is 18.3 Å². The highest BCUT2D eigenvalue weighted by atomic mass is 35.5. The molecule has 0 aliphatic rings. The van der Waals surface area contributed by atoms with Crippen LogP contribution in [0, 0.1) is 11.6 Å². The second-order valence-electron chi connectivity index (χ2n) is 2.21. The van der Waals surface area contributed by atoms with E-state index in [2.05, 4.69) is 4.74 Å². The van der Waals surface area contributed by atoms with E-state index < -0.39 is 22.6 Å². The lowest BCUT2D eigenvalue weighted by atomic mass is 10.2. The number of hydrogen-bond acceptors (Lipinski definition) is 2. The molecule has 0 bridgehead atoms. The molecule has 0 aliphatic carbocycles. The Morgan fingerprint density at radius 3 is 2.62 bits per heavy atom. The highest BCUT2D eigenvalue weighted by molar-refractivity contribution is 6.31. The highest BCUT2D eigenvalue weighted by Crippen LogP contribution is 2.22. The number of carbonyl (C=O) groups excluding carboxylic acids is 1. The van der Waals surface area contributed by atoms with Gasteiger partial charge in [0.1, 0.15) is 10.8 Å². The summed E-state index contributed by atoms with van der Waals surface area (Å²) in [6.07, 6.45) is 0. The van der Waals surface area contributed by atoms with Gasteiger partial charge in [-0.05, 0) is 12.1 Å². The third-order valence-corrected chi connectivity index (χ3v) is 1.79. The van der Waals surface area contributed by atoms with Crippen LogP contribution < -0.4 is 0 Å². The fourth-order valence-electron chi connectivity index (χ4n) is 0.794. The molecule has 0 amide bonds. The molecule has 0 saturated carbocycles. The van der Waals surface area contributed by atoms with Crippen molar-refractivity contribution in [2.24, 2.45) is 0 Å². The fourth-order valence-corrected chi connectivity index (χ4v) is 0.958. The van der Waals surface area contributed by atoms with Gasteiger partial charge in [0.2, 0.25) is 0 Å². The van der Waals surface area contributed by atoms with Crippen LogP contribution in [0.25, 0.3) is 0 Å². The van der Waals surface area contributed by atoms with E-state index in [-0.39, 0.29) is 5.56 Å². The number of carbonyl (C=O) groups is 1. The zero-order valence-corrected chi connectivity index (χ0v) is 7.36. The van der Waals surface area contributed by atoms with Crippen LogP contribution in [-0.4, -0.2) is 13.1 Å². The van der Waals surface area contributed by atoms with Crippen molar-refractivity contribution in [2.75, 3.05) is 7.11 Å². The smallest absolute Gasteiger partial charge is 0.340 e. The Hall–Kier alpha value is -1.16. The summed E-state index contributed by atoms with van der Waals surface area (Å²) in [7, 11) is 1.10.